The highest BCUT2D eigenvalue weighted by molar-refractivity contribution is 5.84. The Hall–Kier alpha value is -2.26. The molecule has 0 bridgehead atoms. The Morgan fingerprint density at radius 3 is 2.79 bits per heavy atom. The number of imidazole rings is 1. The number of fused-ring (bicyclic) bond motifs is 1. The van der Waals surface area contributed by atoms with Crippen molar-refractivity contribution in [2.45, 2.75) is 18.6 Å². The first-order valence-corrected chi connectivity index (χ1v) is 5.49. The van der Waals surface area contributed by atoms with E-state index in [1.165, 1.54) is 17.2 Å². The lowest BCUT2D eigenvalue weighted by molar-refractivity contribution is -0.142. The molecule has 0 radical (unpaired) electrons. The van der Waals surface area contributed by atoms with Crippen LogP contribution in [0.4, 0.5) is 5.82 Å². The summed E-state index contributed by atoms with van der Waals surface area (Å²) in [5.74, 6) is -1.07. The van der Waals surface area contributed by atoms with Crippen molar-refractivity contribution in [2.75, 3.05) is 12.3 Å². The predicted molar refractivity (Wildman–Crippen MR) is 64.1 cm³/mol. The van der Waals surface area contributed by atoms with Crippen molar-refractivity contribution < 1.29 is 20.1 Å². The maximum Gasteiger partial charge on any atom is 0.326 e. The van der Waals surface area contributed by atoms with Gasteiger partial charge in [0.15, 0.2) is 11.5 Å². The number of anilines is 1. The molecule has 9 heteroatoms. The minimum Gasteiger partial charge on any atom is -0.480 e. The molecule has 0 aromatic carbocycles. The van der Waals surface area contributed by atoms with E-state index in [4.69, 9.17) is 10.8 Å². The van der Waals surface area contributed by atoms with Crippen molar-refractivity contribution >= 4 is 23.0 Å². The average molecular weight is 267 g/mol. The maximum absolute atomic E-state index is 11.3. The molecule has 2 aromatic heterocycles. The zero-order chi connectivity index (χ0) is 14.0. The number of aliphatic carboxylic acids is 1. The molecule has 0 aliphatic carbocycles. The number of hydrogen-bond acceptors (Lipinski definition) is 7. The molecule has 102 valence electrons. The predicted octanol–water partition coefficient (Wildman–Crippen LogP) is -1.22. The van der Waals surface area contributed by atoms with Gasteiger partial charge in [0.25, 0.3) is 0 Å². The van der Waals surface area contributed by atoms with Gasteiger partial charge >= 0.3 is 5.97 Å². The Morgan fingerprint density at radius 2 is 2.16 bits per heavy atom. The normalized spacial score (nSPS) is 14.4. The largest absolute Gasteiger partial charge is 0.480 e. The average Bonchev–Trinajstić information content (AvgIpc) is 2.80. The van der Waals surface area contributed by atoms with Gasteiger partial charge in [-0.05, 0) is 0 Å². The molecular formula is C10H13N5O4. The van der Waals surface area contributed by atoms with Crippen molar-refractivity contribution in [3.8, 4) is 0 Å². The topological polar surface area (TPSA) is 147 Å². The summed E-state index contributed by atoms with van der Waals surface area (Å²) in [6.45, 7) is -0.525. The molecule has 0 aliphatic heterocycles. The fraction of sp³-hybridized carbons (Fsp3) is 0.400. The number of carboxylic acid groups (broad SMARTS) is 1. The molecule has 0 saturated carbocycles. The molecule has 2 aromatic rings. The van der Waals surface area contributed by atoms with Crippen LogP contribution in [0.15, 0.2) is 12.7 Å². The van der Waals surface area contributed by atoms with Crippen LogP contribution in [0.2, 0.25) is 0 Å². The van der Waals surface area contributed by atoms with Crippen LogP contribution in [0.25, 0.3) is 11.2 Å². The summed E-state index contributed by atoms with van der Waals surface area (Å²) >= 11 is 0. The number of nitrogens with zero attached hydrogens (tertiary/aromatic N) is 4. The Balaban J connectivity index is 2.48. The van der Waals surface area contributed by atoms with Crippen LogP contribution in [-0.2, 0) is 4.79 Å². The number of nitrogen functional groups attached to an aromatic ring is 1. The maximum atomic E-state index is 11.3. The molecule has 2 heterocycles. The molecule has 0 aliphatic rings. The number of nitrogens with two attached hydrogens (primary N) is 1. The quantitative estimate of drug-likeness (QED) is 0.526. The molecule has 2 atom stereocenters. The summed E-state index contributed by atoms with van der Waals surface area (Å²) in [5, 5.41) is 27.4. The Labute approximate surface area is 107 Å². The number of rotatable bonds is 5. The first kappa shape index (κ1) is 13.2. The van der Waals surface area contributed by atoms with Crippen LogP contribution >= 0.6 is 0 Å². The molecule has 9 nitrogen and oxygen atoms in total. The van der Waals surface area contributed by atoms with E-state index < -0.39 is 24.7 Å². The number of aliphatic hydroxyl groups excluding tert-OH is 2. The summed E-state index contributed by atoms with van der Waals surface area (Å²) < 4.78 is 1.28. The lowest BCUT2D eigenvalue weighted by Crippen LogP contribution is -2.26. The first-order chi connectivity index (χ1) is 9.04. The number of hydrogen-bond donors (Lipinski definition) is 4. The summed E-state index contributed by atoms with van der Waals surface area (Å²) in [5.41, 5.74) is 6.25. The monoisotopic (exact) mass is 267 g/mol. The van der Waals surface area contributed by atoms with Gasteiger partial charge < -0.3 is 25.6 Å². The molecule has 0 amide bonds. The summed E-state index contributed by atoms with van der Waals surface area (Å²) in [6, 6.07) is -1.11. The smallest absolute Gasteiger partial charge is 0.326 e. The zero-order valence-corrected chi connectivity index (χ0v) is 9.84. The van der Waals surface area contributed by atoms with E-state index in [0.717, 1.165) is 0 Å². The third-order valence-electron chi connectivity index (χ3n) is 2.72. The van der Waals surface area contributed by atoms with Crippen LogP contribution in [0.1, 0.15) is 12.5 Å². The van der Waals surface area contributed by atoms with Gasteiger partial charge in [-0.25, -0.2) is 19.7 Å². The molecule has 2 rings (SSSR count). The van der Waals surface area contributed by atoms with Gasteiger partial charge in [-0.1, -0.05) is 0 Å². The van der Waals surface area contributed by atoms with Gasteiger partial charge in [-0.3, -0.25) is 0 Å². The number of carboxylic acids is 1. The van der Waals surface area contributed by atoms with Crippen molar-refractivity contribution in [3.63, 3.8) is 0 Å². The Bertz CT molecular complexity index is 599. The minimum absolute atomic E-state index is 0.104. The first-order valence-electron chi connectivity index (χ1n) is 5.49. The van der Waals surface area contributed by atoms with Crippen molar-refractivity contribution in [3.05, 3.63) is 12.7 Å². The lowest BCUT2D eigenvalue weighted by atomic mass is 10.1. The van der Waals surface area contributed by atoms with Gasteiger partial charge in [-0.2, -0.15) is 0 Å². The van der Waals surface area contributed by atoms with E-state index >= 15 is 0 Å². The summed E-state index contributed by atoms with van der Waals surface area (Å²) in [4.78, 5) is 22.9. The highest BCUT2D eigenvalue weighted by Gasteiger charge is 2.25. The standard InChI is InChI=1S/C10H13N5O4/c11-8-7-9(13-3-12-8)14-4-15(7)6(10(18)19)1-5(17)2-16/h3-6,16-17H,1-2H2,(H,18,19)(H2,11,12,13). The van der Waals surface area contributed by atoms with Gasteiger partial charge in [-0.15, -0.1) is 0 Å². The molecule has 0 fully saturated rings. The van der Waals surface area contributed by atoms with E-state index in [0.29, 0.717) is 5.52 Å². The highest BCUT2D eigenvalue weighted by Crippen LogP contribution is 2.23. The lowest BCUT2D eigenvalue weighted by Gasteiger charge is -2.17. The van der Waals surface area contributed by atoms with Gasteiger partial charge in [0.2, 0.25) is 0 Å². The van der Waals surface area contributed by atoms with E-state index in [1.54, 1.807) is 0 Å². The Kier molecular flexibility index (Phi) is 3.58. The molecule has 0 spiro atoms. The van der Waals surface area contributed by atoms with Crippen LogP contribution in [0.5, 0.6) is 0 Å². The van der Waals surface area contributed by atoms with E-state index in [1.807, 2.05) is 0 Å². The number of aliphatic hydroxyl groups is 2. The second kappa shape index (κ2) is 5.16. The van der Waals surface area contributed by atoms with E-state index in [-0.39, 0.29) is 17.9 Å². The molecule has 0 saturated heterocycles. The van der Waals surface area contributed by atoms with Crippen molar-refractivity contribution in [1.82, 2.24) is 19.5 Å². The van der Waals surface area contributed by atoms with Crippen molar-refractivity contribution in [1.29, 1.82) is 0 Å². The molecule has 19 heavy (non-hydrogen) atoms. The number of carbonyl (C=O) groups is 1. The van der Waals surface area contributed by atoms with Crippen LogP contribution in [-0.4, -0.2) is 53.5 Å². The van der Waals surface area contributed by atoms with Gasteiger partial charge in [0, 0.05) is 6.42 Å². The van der Waals surface area contributed by atoms with Crippen molar-refractivity contribution in [2.24, 2.45) is 0 Å². The zero-order valence-electron chi connectivity index (χ0n) is 9.84. The second-order valence-electron chi connectivity index (χ2n) is 4.01. The minimum atomic E-state index is -1.17. The third kappa shape index (κ3) is 2.46. The second-order valence-corrected chi connectivity index (χ2v) is 4.01. The van der Waals surface area contributed by atoms with E-state index in [9.17, 15) is 15.0 Å². The fourth-order valence-corrected chi connectivity index (χ4v) is 1.80. The summed E-state index contributed by atoms with van der Waals surface area (Å²) in [6.07, 6.45) is 1.18. The number of aromatic nitrogens is 4. The highest BCUT2D eigenvalue weighted by atomic mass is 16.4. The van der Waals surface area contributed by atoms with Gasteiger partial charge in [0.1, 0.15) is 17.9 Å². The van der Waals surface area contributed by atoms with Crippen LogP contribution < -0.4 is 5.73 Å². The fourth-order valence-electron chi connectivity index (χ4n) is 1.80. The summed E-state index contributed by atoms with van der Waals surface area (Å²) in [7, 11) is 0. The van der Waals surface area contributed by atoms with Crippen LogP contribution in [0.3, 0.4) is 0 Å². The van der Waals surface area contributed by atoms with E-state index in [2.05, 4.69) is 15.0 Å². The Morgan fingerprint density at radius 1 is 1.42 bits per heavy atom. The van der Waals surface area contributed by atoms with Gasteiger partial charge in [0.05, 0.1) is 19.0 Å². The molecule has 2 unspecified atom stereocenters. The van der Waals surface area contributed by atoms with Crippen LogP contribution in [0, 0.1) is 0 Å². The third-order valence-corrected chi connectivity index (χ3v) is 2.72. The molecular weight excluding hydrogens is 254 g/mol. The SMILES string of the molecule is Nc1ncnc2ncn(C(CC(O)CO)C(=O)O)c12. The molecule has 5 N–H and O–H groups in total.